The SMILES string of the molecule is Cc1oc(C(=O)NCc2ccc3c(c2)CNC3)cc1S(=O)(=O)N(C)C.Cl. The molecule has 26 heavy (non-hydrogen) atoms. The number of furan rings is 1. The summed E-state index contributed by atoms with van der Waals surface area (Å²) in [6.07, 6.45) is 0. The fraction of sp³-hybridized carbons (Fsp3) is 0.353. The molecule has 2 heterocycles. The van der Waals surface area contributed by atoms with Gasteiger partial charge in [0.2, 0.25) is 10.0 Å². The van der Waals surface area contributed by atoms with Crippen LogP contribution in [-0.2, 0) is 29.7 Å². The van der Waals surface area contributed by atoms with Gasteiger partial charge in [0, 0.05) is 39.8 Å². The smallest absolute Gasteiger partial charge is 0.287 e. The van der Waals surface area contributed by atoms with E-state index in [0.29, 0.717) is 6.54 Å². The fourth-order valence-corrected chi connectivity index (χ4v) is 3.81. The van der Waals surface area contributed by atoms with Crippen LogP contribution in [0.15, 0.2) is 33.6 Å². The number of amides is 1. The van der Waals surface area contributed by atoms with E-state index in [-0.39, 0.29) is 28.8 Å². The van der Waals surface area contributed by atoms with Gasteiger partial charge in [0.25, 0.3) is 5.91 Å². The van der Waals surface area contributed by atoms with Crippen LogP contribution in [0.5, 0.6) is 0 Å². The maximum absolute atomic E-state index is 12.3. The summed E-state index contributed by atoms with van der Waals surface area (Å²) in [5, 5.41) is 6.04. The van der Waals surface area contributed by atoms with Crippen LogP contribution in [0, 0.1) is 6.92 Å². The average molecular weight is 400 g/mol. The molecule has 0 atom stereocenters. The molecule has 0 aliphatic carbocycles. The number of nitrogens with one attached hydrogen (secondary N) is 2. The average Bonchev–Trinajstić information content (AvgIpc) is 3.18. The Hall–Kier alpha value is -1.87. The van der Waals surface area contributed by atoms with E-state index in [1.165, 1.54) is 38.2 Å². The van der Waals surface area contributed by atoms with Crippen LogP contribution in [0.25, 0.3) is 0 Å². The first kappa shape index (κ1) is 20.4. The van der Waals surface area contributed by atoms with Gasteiger partial charge in [-0.05, 0) is 23.6 Å². The molecule has 142 valence electrons. The van der Waals surface area contributed by atoms with Crippen molar-refractivity contribution in [1.29, 1.82) is 0 Å². The summed E-state index contributed by atoms with van der Waals surface area (Å²) in [5.41, 5.74) is 3.50. The lowest BCUT2D eigenvalue weighted by atomic mass is 10.1. The predicted octanol–water partition coefficient (Wildman–Crippen LogP) is 1.79. The van der Waals surface area contributed by atoms with Crippen molar-refractivity contribution in [2.24, 2.45) is 0 Å². The number of hydrogen-bond acceptors (Lipinski definition) is 5. The molecule has 0 radical (unpaired) electrons. The van der Waals surface area contributed by atoms with Gasteiger partial charge in [0.05, 0.1) is 0 Å². The molecule has 1 aromatic carbocycles. The molecule has 7 nitrogen and oxygen atoms in total. The Morgan fingerprint density at radius 2 is 1.92 bits per heavy atom. The monoisotopic (exact) mass is 399 g/mol. The van der Waals surface area contributed by atoms with Crippen LogP contribution in [0.2, 0.25) is 0 Å². The number of carbonyl (C=O) groups excluding carboxylic acids is 1. The molecular weight excluding hydrogens is 378 g/mol. The van der Waals surface area contributed by atoms with Crippen molar-refractivity contribution < 1.29 is 17.6 Å². The van der Waals surface area contributed by atoms with Gasteiger partial charge in [-0.15, -0.1) is 12.4 Å². The van der Waals surface area contributed by atoms with Crippen LogP contribution >= 0.6 is 12.4 Å². The number of carbonyl (C=O) groups is 1. The van der Waals surface area contributed by atoms with Gasteiger partial charge in [0.15, 0.2) is 5.76 Å². The first-order valence-electron chi connectivity index (χ1n) is 7.91. The second-order valence-electron chi connectivity index (χ2n) is 6.21. The normalized spacial score (nSPS) is 13.4. The lowest BCUT2D eigenvalue weighted by molar-refractivity contribution is 0.0922. The van der Waals surface area contributed by atoms with Crippen molar-refractivity contribution in [2.45, 2.75) is 31.5 Å². The van der Waals surface area contributed by atoms with Gasteiger partial charge in [0.1, 0.15) is 10.7 Å². The minimum atomic E-state index is -3.64. The van der Waals surface area contributed by atoms with Crippen molar-refractivity contribution in [3.8, 4) is 0 Å². The largest absolute Gasteiger partial charge is 0.455 e. The molecule has 0 spiro atoms. The van der Waals surface area contributed by atoms with Crippen LogP contribution in [0.1, 0.15) is 33.0 Å². The first-order valence-corrected chi connectivity index (χ1v) is 9.35. The maximum Gasteiger partial charge on any atom is 0.287 e. The van der Waals surface area contributed by atoms with Crippen molar-refractivity contribution in [3.05, 3.63) is 52.5 Å². The zero-order valence-electron chi connectivity index (χ0n) is 14.8. The van der Waals surface area contributed by atoms with Crippen molar-refractivity contribution in [2.75, 3.05) is 14.1 Å². The number of nitrogens with zero attached hydrogens (tertiary/aromatic N) is 1. The quantitative estimate of drug-likeness (QED) is 0.799. The Morgan fingerprint density at radius 1 is 1.23 bits per heavy atom. The highest BCUT2D eigenvalue weighted by atomic mass is 35.5. The summed E-state index contributed by atoms with van der Waals surface area (Å²) >= 11 is 0. The highest BCUT2D eigenvalue weighted by Gasteiger charge is 2.25. The Kier molecular flexibility index (Phi) is 6.13. The Morgan fingerprint density at radius 3 is 2.62 bits per heavy atom. The van der Waals surface area contributed by atoms with Crippen molar-refractivity contribution >= 4 is 28.3 Å². The topological polar surface area (TPSA) is 91.6 Å². The molecule has 3 rings (SSSR count). The molecule has 1 aliphatic rings. The van der Waals surface area contributed by atoms with E-state index >= 15 is 0 Å². The zero-order valence-corrected chi connectivity index (χ0v) is 16.5. The third-order valence-electron chi connectivity index (χ3n) is 4.21. The number of fused-ring (bicyclic) bond motifs is 1. The van der Waals surface area contributed by atoms with E-state index in [0.717, 1.165) is 23.0 Å². The lowest BCUT2D eigenvalue weighted by Crippen LogP contribution is -2.23. The molecular formula is C17H22ClN3O4S. The van der Waals surface area contributed by atoms with Crippen LogP contribution in [-0.4, -0.2) is 32.7 Å². The summed E-state index contributed by atoms with van der Waals surface area (Å²) < 4.78 is 30.8. The highest BCUT2D eigenvalue weighted by molar-refractivity contribution is 7.89. The van der Waals surface area contributed by atoms with Crippen molar-refractivity contribution in [1.82, 2.24) is 14.9 Å². The molecule has 9 heteroatoms. The van der Waals surface area contributed by atoms with Gasteiger partial charge in [-0.3, -0.25) is 4.79 Å². The summed E-state index contributed by atoms with van der Waals surface area (Å²) in [4.78, 5) is 12.3. The molecule has 1 amide bonds. The molecule has 2 aromatic rings. The Labute approximate surface area is 159 Å². The third kappa shape index (κ3) is 3.93. The Bertz CT molecular complexity index is 922. The van der Waals surface area contributed by atoms with E-state index in [1.54, 1.807) is 0 Å². The first-order chi connectivity index (χ1) is 11.8. The van der Waals surface area contributed by atoms with Gasteiger partial charge < -0.3 is 15.1 Å². The van der Waals surface area contributed by atoms with E-state index in [4.69, 9.17) is 4.42 Å². The third-order valence-corrected chi connectivity index (χ3v) is 6.13. The second-order valence-corrected chi connectivity index (χ2v) is 8.33. The summed E-state index contributed by atoms with van der Waals surface area (Å²) in [6, 6.07) is 7.36. The number of benzene rings is 1. The number of rotatable bonds is 5. The minimum absolute atomic E-state index is 0. The van der Waals surface area contributed by atoms with E-state index in [1.807, 2.05) is 6.07 Å². The highest BCUT2D eigenvalue weighted by Crippen LogP contribution is 2.22. The number of sulfonamides is 1. The number of halogens is 1. The minimum Gasteiger partial charge on any atom is -0.455 e. The van der Waals surface area contributed by atoms with Gasteiger partial charge >= 0.3 is 0 Å². The second kappa shape index (κ2) is 7.79. The van der Waals surface area contributed by atoms with Gasteiger partial charge in [-0.25, -0.2) is 12.7 Å². The molecule has 0 saturated carbocycles. The summed E-state index contributed by atoms with van der Waals surface area (Å²) in [6.45, 7) is 3.58. The molecule has 1 aromatic heterocycles. The molecule has 0 fully saturated rings. The molecule has 1 aliphatic heterocycles. The zero-order chi connectivity index (χ0) is 18.2. The fourth-order valence-electron chi connectivity index (χ4n) is 2.76. The predicted molar refractivity (Wildman–Crippen MR) is 99.7 cm³/mol. The van der Waals surface area contributed by atoms with E-state index in [9.17, 15) is 13.2 Å². The van der Waals surface area contributed by atoms with Gasteiger partial charge in [-0.1, -0.05) is 18.2 Å². The molecule has 2 N–H and O–H groups in total. The van der Waals surface area contributed by atoms with Crippen molar-refractivity contribution in [3.63, 3.8) is 0 Å². The lowest BCUT2D eigenvalue weighted by Gasteiger charge is -2.09. The van der Waals surface area contributed by atoms with Crippen LogP contribution in [0.4, 0.5) is 0 Å². The molecule has 0 saturated heterocycles. The standard InChI is InChI=1S/C17H21N3O4S.ClH/c1-11-16(25(22,23)20(2)3)7-15(24-11)17(21)19-8-12-4-5-13-9-18-10-14(13)6-12;/h4-7,18H,8-10H2,1-3H3,(H,19,21);1H. The Balaban J connectivity index is 0.00000243. The van der Waals surface area contributed by atoms with Crippen LogP contribution in [0.3, 0.4) is 0 Å². The molecule has 0 bridgehead atoms. The summed E-state index contributed by atoms with van der Waals surface area (Å²) in [7, 11) is -0.772. The number of aryl methyl sites for hydroxylation is 1. The van der Waals surface area contributed by atoms with Crippen LogP contribution < -0.4 is 10.6 Å². The number of hydrogen-bond donors (Lipinski definition) is 2. The maximum atomic E-state index is 12.3. The van der Waals surface area contributed by atoms with E-state index < -0.39 is 15.9 Å². The van der Waals surface area contributed by atoms with E-state index in [2.05, 4.69) is 22.8 Å². The summed E-state index contributed by atoms with van der Waals surface area (Å²) in [5.74, 6) is -0.259. The van der Waals surface area contributed by atoms with Gasteiger partial charge in [-0.2, -0.15) is 0 Å². The molecule has 0 unspecified atom stereocenters.